The predicted molar refractivity (Wildman–Crippen MR) is 69.3 cm³/mol. The Balaban J connectivity index is 2.12. The fraction of sp³-hybridized carbons (Fsp3) is 0.455. The van der Waals surface area contributed by atoms with E-state index in [9.17, 15) is 4.79 Å². The molecule has 0 radical (unpaired) electrons. The van der Waals surface area contributed by atoms with Gasteiger partial charge in [0.25, 0.3) is 0 Å². The Hall–Kier alpha value is -1.69. The highest BCUT2D eigenvalue weighted by Gasteiger charge is 2.10. The van der Waals surface area contributed by atoms with Crippen molar-refractivity contribution in [3.63, 3.8) is 0 Å². The Morgan fingerprint density at radius 1 is 1.44 bits per heavy atom. The molecule has 2 rings (SSSR count). The van der Waals surface area contributed by atoms with E-state index in [2.05, 4.69) is 15.0 Å². The van der Waals surface area contributed by atoms with E-state index in [0.717, 1.165) is 19.4 Å². The van der Waals surface area contributed by atoms with Gasteiger partial charge in [-0.05, 0) is 19.8 Å². The number of nitrogens with zero attached hydrogens (tertiary/aromatic N) is 4. The molecule has 0 aliphatic heterocycles. The Bertz CT molecular complexity index is 580. The van der Waals surface area contributed by atoms with Crippen LogP contribution in [0.3, 0.4) is 0 Å². The average Bonchev–Trinajstić information content (AvgIpc) is 2.67. The zero-order valence-electron chi connectivity index (χ0n) is 10.1. The van der Waals surface area contributed by atoms with Crippen LogP contribution >= 0.6 is 11.6 Å². The van der Waals surface area contributed by atoms with Gasteiger partial charge in [-0.25, -0.2) is 4.98 Å². The zero-order valence-corrected chi connectivity index (χ0v) is 10.8. The smallest absolute Gasteiger partial charge is 0.223 e. The summed E-state index contributed by atoms with van der Waals surface area (Å²) >= 11 is 5.93. The summed E-state index contributed by atoms with van der Waals surface area (Å²) in [7, 11) is 0. The highest BCUT2D eigenvalue weighted by atomic mass is 35.5. The minimum atomic E-state index is 0.137. The number of hydrogen-bond donors (Lipinski definition) is 1. The molecule has 2 heterocycles. The largest absolute Gasteiger partial charge is 0.368 e. The molecule has 0 atom stereocenters. The fourth-order valence-corrected chi connectivity index (χ4v) is 1.97. The van der Waals surface area contributed by atoms with Crippen LogP contribution in [0.5, 0.6) is 0 Å². The van der Waals surface area contributed by atoms with Gasteiger partial charge >= 0.3 is 0 Å². The summed E-state index contributed by atoms with van der Waals surface area (Å²) in [6.07, 6.45) is 4.00. The number of Topliss-reactive ketones (excluding diaryl/α,β-unsaturated/α-hetero) is 1. The number of anilines is 1. The van der Waals surface area contributed by atoms with Crippen molar-refractivity contribution in [1.82, 2.24) is 19.5 Å². The van der Waals surface area contributed by atoms with E-state index in [1.54, 1.807) is 13.3 Å². The Kier molecular flexibility index (Phi) is 3.76. The summed E-state index contributed by atoms with van der Waals surface area (Å²) in [5.74, 6) is 0.345. The molecular formula is C11H14ClN5O. The lowest BCUT2D eigenvalue weighted by Gasteiger charge is -2.03. The van der Waals surface area contributed by atoms with Gasteiger partial charge in [-0.15, -0.1) is 0 Å². The second kappa shape index (κ2) is 5.30. The van der Waals surface area contributed by atoms with Gasteiger partial charge in [0.2, 0.25) is 5.95 Å². The van der Waals surface area contributed by atoms with Gasteiger partial charge in [0.05, 0.1) is 6.33 Å². The molecule has 96 valence electrons. The third kappa shape index (κ3) is 2.76. The number of aryl methyl sites for hydroxylation is 1. The van der Waals surface area contributed by atoms with Crippen molar-refractivity contribution in [3.05, 3.63) is 11.5 Å². The number of nitrogen functional groups attached to an aromatic ring is 1. The van der Waals surface area contributed by atoms with Crippen molar-refractivity contribution in [2.75, 3.05) is 5.73 Å². The molecule has 0 aromatic carbocycles. The number of ketones is 1. The summed E-state index contributed by atoms with van der Waals surface area (Å²) < 4.78 is 1.87. The van der Waals surface area contributed by atoms with Crippen LogP contribution in [0.1, 0.15) is 26.2 Å². The van der Waals surface area contributed by atoms with Crippen molar-refractivity contribution < 1.29 is 4.79 Å². The lowest BCUT2D eigenvalue weighted by Crippen LogP contribution is -2.02. The second-order valence-corrected chi connectivity index (χ2v) is 4.50. The number of aromatic nitrogens is 4. The molecule has 0 aliphatic carbocycles. The Labute approximate surface area is 109 Å². The fourth-order valence-electron chi connectivity index (χ4n) is 1.75. The molecule has 7 heteroatoms. The number of unbranched alkanes of at least 4 members (excludes halogenated alkanes) is 1. The first kappa shape index (κ1) is 12.8. The van der Waals surface area contributed by atoms with Crippen LogP contribution in [0.25, 0.3) is 11.2 Å². The first-order valence-electron chi connectivity index (χ1n) is 5.71. The summed E-state index contributed by atoms with van der Waals surface area (Å²) in [6, 6.07) is 0. The van der Waals surface area contributed by atoms with Crippen molar-refractivity contribution in [1.29, 1.82) is 0 Å². The van der Waals surface area contributed by atoms with E-state index in [1.807, 2.05) is 4.57 Å². The number of carbonyl (C=O) groups excluding carboxylic acids is 1. The summed E-state index contributed by atoms with van der Waals surface area (Å²) in [6.45, 7) is 2.33. The van der Waals surface area contributed by atoms with E-state index >= 15 is 0 Å². The first-order valence-corrected chi connectivity index (χ1v) is 6.09. The van der Waals surface area contributed by atoms with E-state index in [0.29, 0.717) is 17.6 Å². The number of fused-ring (bicyclic) bond motifs is 1. The van der Waals surface area contributed by atoms with E-state index in [1.165, 1.54) is 0 Å². The number of hydrogen-bond acceptors (Lipinski definition) is 5. The van der Waals surface area contributed by atoms with Gasteiger partial charge in [0.15, 0.2) is 10.8 Å². The molecule has 2 aromatic rings. The van der Waals surface area contributed by atoms with E-state index in [4.69, 9.17) is 17.3 Å². The highest BCUT2D eigenvalue weighted by molar-refractivity contribution is 6.33. The minimum Gasteiger partial charge on any atom is -0.368 e. The standard InChI is InChI=1S/C11H14ClN5O/c1-7(18)4-2-3-5-17-6-14-8-9(12)15-11(13)16-10(8)17/h6H,2-5H2,1H3,(H2,13,15,16). The molecule has 0 aliphatic rings. The van der Waals surface area contributed by atoms with Crippen LogP contribution in [0, 0.1) is 0 Å². The summed E-state index contributed by atoms with van der Waals surface area (Å²) in [5.41, 5.74) is 6.74. The van der Waals surface area contributed by atoms with Crippen LogP contribution in [0.2, 0.25) is 5.15 Å². The minimum absolute atomic E-state index is 0.137. The average molecular weight is 268 g/mol. The first-order chi connectivity index (χ1) is 8.58. The number of nitrogens with two attached hydrogens (primary N) is 1. The van der Waals surface area contributed by atoms with Gasteiger partial charge in [0, 0.05) is 13.0 Å². The molecule has 18 heavy (non-hydrogen) atoms. The third-order valence-electron chi connectivity index (χ3n) is 2.62. The summed E-state index contributed by atoms with van der Waals surface area (Å²) in [5, 5.41) is 0.264. The van der Waals surface area contributed by atoms with Crippen molar-refractivity contribution >= 4 is 34.5 Å². The molecule has 2 aromatic heterocycles. The molecule has 6 nitrogen and oxygen atoms in total. The van der Waals surface area contributed by atoms with Gasteiger partial charge in [-0.3, -0.25) is 0 Å². The maximum absolute atomic E-state index is 10.8. The number of rotatable bonds is 5. The maximum atomic E-state index is 10.8. The van der Waals surface area contributed by atoms with Crippen LogP contribution in [0.4, 0.5) is 5.95 Å². The Morgan fingerprint density at radius 3 is 2.94 bits per heavy atom. The molecule has 0 amide bonds. The van der Waals surface area contributed by atoms with Crippen LogP contribution in [-0.2, 0) is 11.3 Å². The lowest BCUT2D eigenvalue weighted by molar-refractivity contribution is -0.117. The zero-order chi connectivity index (χ0) is 13.1. The molecule has 0 bridgehead atoms. The molecule has 0 fully saturated rings. The third-order valence-corrected chi connectivity index (χ3v) is 2.88. The quantitative estimate of drug-likeness (QED) is 0.660. The number of carbonyl (C=O) groups is 1. The molecular weight excluding hydrogens is 254 g/mol. The SMILES string of the molecule is CC(=O)CCCCn1cnc2c(Cl)nc(N)nc21. The highest BCUT2D eigenvalue weighted by Crippen LogP contribution is 2.19. The predicted octanol–water partition coefficient (Wildman–Crippen LogP) is 1.82. The van der Waals surface area contributed by atoms with Gasteiger partial charge < -0.3 is 15.1 Å². The molecule has 0 unspecified atom stereocenters. The molecule has 0 spiro atoms. The normalized spacial score (nSPS) is 11.0. The number of halogens is 1. The van der Waals surface area contributed by atoms with Crippen LogP contribution in [-0.4, -0.2) is 25.3 Å². The van der Waals surface area contributed by atoms with E-state index < -0.39 is 0 Å². The summed E-state index contributed by atoms with van der Waals surface area (Å²) in [4.78, 5) is 23.0. The second-order valence-electron chi connectivity index (χ2n) is 4.14. The van der Waals surface area contributed by atoms with Crippen molar-refractivity contribution in [2.45, 2.75) is 32.7 Å². The monoisotopic (exact) mass is 267 g/mol. The Morgan fingerprint density at radius 2 is 2.22 bits per heavy atom. The van der Waals surface area contributed by atoms with Crippen LogP contribution < -0.4 is 5.73 Å². The number of imidazole rings is 1. The van der Waals surface area contributed by atoms with Gasteiger partial charge in [-0.2, -0.15) is 9.97 Å². The molecule has 0 saturated heterocycles. The van der Waals surface area contributed by atoms with Crippen LogP contribution in [0.15, 0.2) is 6.33 Å². The van der Waals surface area contributed by atoms with Crippen molar-refractivity contribution in [3.8, 4) is 0 Å². The maximum Gasteiger partial charge on any atom is 0.223 e. The van der Waals surface area contributed by atoms with Gasteiger partial charge in [-0.1, -0.05) is 11.6 Å². The van der Waals surface area contributed by atoms with Crippen molar-refractivity contribution in [2.24, 2.45) is 0 Å². The van der Waals surface area contributed by atoms with Gasteiger partial charge in [0.1, 0.15) is 11.3 Å². The molecule has 0 saturated carbocycles. The molecule has 2 N–H and O–H groups in total. The van der Waals surface area contributed by atoms with E-state index in [-0.39, 0.29) is 16.9 Å². The lowest BCUT2D eigenvalue weighted by atomic mass is 10.2. The topological polar surface area (TPSA) is 86.7 Å².